The third-order valence-electron chi connectivity index (χ3n) is 3.09. The zero-order valence-electron chi connectivity index (χ0n) is 12.3. The van der Waals surface area contributed by atoms with Crippen LogP contribution in [0.5, 0.6) is 0 Å². The number of likely N-dealkylation sites (N-methyl/N-ethyl adjacent to an activating group) is 1. The van der Waals surface area contributed by atoms with E-state index in [1.54, 1.807) is 25.9 Å². The summed E-state index contributed by atoms with van der Waals surface area (Å²) < 4.78 is 0. The Hall–Kier alpha value is -2.28. The molecular formula is C14H19N3O4. The molecule has 114 valence electrons. The van der Waals surface area contributed by atoms with E-state index >= 15 is 0 Å². The second-order valence-corrected chi connectivity index (χ2v) is 4.94. The van der Waals surface area contributed by atoms with Crippen molar-refractivity contribution in [2.75, 3.05) is 27.2 Å². The second-order valence-electron chi connectivity index (χ2n) is 4.94. The molecule has 7 heteroatoms. The number of hydrogen-bond donors (Lipinski definition) is 1. The van der Waals surface area contributed by atoms with Crippen LogP contribution in [0.2, 0.25) is 0 Å². The highest BCUT2D eigenvalue weighted by Gasteiger charge is 2.16. The number of Topliss-reactive ketones (excluding diaryl/α,β-unsaturated/α-hetero) is 1. The monoisotopic (exact) mass is 293 g/mol. The maximum absolute atomic E-state index is 12.0. The minimum absolute atomic E-state index is 0.0480. The van der Waals surface area contributed by atoms with Gasteiger partial charge in [0.2, 0.25) is 5.91 Å². The molecular weight excluding hydrogens is 274 g/mol. The minimum Gasteiger partial charge on any atom is -0.359 e. The zero-order chi connectivity index (χ0) is 16.0. The molecule has 1 aromatic rings. The number of rotatable bonds is 7. The van der Waals surface area contributed by atoms with Gasteiger partial charge in [-0.1, -0.05) is 6.92 Å². The summed E-state index contributed by atoms with van der Waals surface area (Å²) in [5.41, 5.74) is 0.369. The third-order valence-corrected chi connectivity index (χ3v) is 3.09. The molecule has 1 rings (SSSR count). The van der Waals surface area contributed by atoms with Crippen molar-refractivity contribution in [2.45, 2.75) is 6.92 Å². The summed E-state index contributed by atoms with van der Waals surface area (Å²) in [5, 5.41) is 13.1. The first-order valence-corrected chi connectivity index (χ1v) is 6.53. The Morgan fingerprint density at radius 1 is 1.33 bits per heavy atom. The number of amides is 1. The molecule has 0 aromatic heterocycles. The maximum Gasteiger partial charge on any atom is 0.269 e. The van der Waals surface area contributed by atoms with Gasteiger partial charge in [-0.05, 0) is 19.2 Å². The number of ketones is 1. The highest BCUT2D eigenvalue weighted by atomic mass is 16.6. The largest absolute Gasteiger partial charge is 0.359 e. The van der Waals surface area contributed by atoms with Crippen molar-refractivity contribution >= 4 is 17.4 Å². The van der Waals surface area contributed by atoms with Gasteiger partial charge in [-0.2, -0.15) is 0 Å². The standard InChI is InChI=1S/C14H19N3O4/c1-10(14(19)15-2)8-16(3)9-13(18)11-4-6-12(7-5-11)17(20)21/h4-7,10H,8-9H2,1-3H3,(H,15,19). The second kappa shape index (κ2) is 7.49. The van der Waals surface area contributed by atoms with E-state index in [4.69, 9.17) is 0 Å². The number of nitrogens with one attached hydrogen (secondary N) is 1. The van der Waals surface area contributed by atoms with Gasteiger partial charge in [0.05, 0.1) is 11.5 Å². The van der Waals surface area contributed by atoms with Crippen LogP contribution in [-0.4, -0.2) is 48.7 Å². The van der Waals surface area contributed by atoms with E-state index < -0.39 is 4.92 Å². The molecule has 0 saturated heterocycles. The Bertz CT molecular complexity index is 528. The van der Waals surface area contributed by atoms with Crippen LogP contribution < -0.4 is 5.32 Å². The number of carbonyl (C=O) groups excluding carboxylic acids is 2. The normalized spacial score (nSPS) is 12.0. The lowest BCUT2D eigenvalue weighted by Crippen LogP contribution is -2.36. The molecule has 1 atom stereocenters. The number of nitro benzene ring substituents is 1. The molecule has 21 heavy (non-hydrogen) atoms. The van der Waals surface area contributed by atoms with Crippen LogP contribution in [0, 0.1) is 16.0 Å². The Morgan fingerprint density at radius 2 is 1.90 bits per heavy atom. The van der Waals surface area contributed by atoms with Crippen molar-refractivity contribution in [3.05, 3.63) is 39.9 Å². The molecule has 0 bridgehead atoms. The summed E-state index contributed by atoms with van der Waals surface area (Å²) >= 11 is 0. The average molecular weight is 293 g/mol. The zero-order valence-corrected chi connectivity index (χ0v) is 12.3. The highest BCUT2D eigenvalue weighted by Crippen LogP contribution is 2.12. The number of carbonyl (C=O) groups is 2. The number of nitrogens with zero attached hydrogens (tertiary/aromatic N) is 2. The smallest absolute Gasteiger partial charge is 0.269 e. The first-order valence-electron chi connectivity index (χ1n) is 6.53. The fourth-order valence-corrected chi connectivity index (χ4v) is 1.97. The number of nitro groups is 1. The van der Waals surface area contributed by atoms with Crippen LogP contribution >= 0.6 is 0 Å². The Morgan fingerprint density at radius 3 is 2.38 bits per heavy atom. The Kier molecular flexibility index (Phi) is 5.98. The number of non-ortho nitro benzene ring substituents is 1. The molecule has 7 nitrogen and oxygen atoms in total. The summed E-state index contributed by atoms with van der Waals surface area (Å²) in [6, 6.07) is 5.49. The molecule has 0 saturated carbocycles. The average Bonchev–Trinajstić information content (AvgIpc) is 2.46. The predicted molar refractivity (Wildman–Crippen MR) is 78.2 cm³/mol. The Labute approximate surface area is 123 Å². The third kappa shape index (κ3) is 4.96. The lowest BCUT2D eigenvalue weighted by atomic mass is 10.1. The van der Waals surface area contributed by atoms with E-state index in [9.17, 15) is 19.7 Å². The van der Waals surface area contributed by atoms with Crippen LogP contribution in [-0.2, 0) is 4.79 Å². The molecule has 0 fully saturated rings. The van der Waals surface area contributed by atoms with Gasteiger partial charge in [0.15, 0.2) is 5.78 Å². The fourth-order valence-electron chi connectivity index (χ4n) is 1.97. The van der Waals surface area contributed by atoms with Crippen molar-refractivity contribution in [1.29, 1.82) is 0 Å². The molecule has 1 aromatic carbocycles. The van der Waals surface area contributed by atoms with E-state index in [-0.39, 0.29) is 29.8 Å². The molecule has 1 amide bonds. The molecule has 0 heterocycles. The van der Waals surface area contributed by atoms with Gasteiger partial charge in [0, 0.05) is 37.2 Å². The lowest BCUT2D eigenvalue weighted by Gasteiger charge is -2.19. The van der Waals surface area contributed by atoms with Gasteiger partial charge in [0.25, 0.3) is 5.69 Å². The van der Waals surface area contributed by atoms with E-state index in [2.05, 4.69) is 5.32 Å². The van der Waals surface area contributed by atoms with Crippen molar-refractivity contribution in [3.8, 4) is 0 Å². The Balaban J connectivity index is 2.60. The van der Waals surface area contributed by atoms with E-state index in [0.29, 0.717) is 12.1 Å². The summed E-state index contributed by atoms with van der Waals surface area (Å²) in [6.45, 7) is 2.39. The fraction of sp³-hybridized carbons (Fsp3) is 0.429. The SMILES string of the molecule is CNC(=O)C(C)CN(C)CC(=O)c1ccc([N+](=O)[O-])cc1. The minimum atomic E-state index is -0.509. The number of benzene rings is 1. The molecule has 0 aliphatic carbocycles. The molecule has 0 radical (unpaired) electrons. The molecule has 1 N–H and O–H groups in total. The van der Waals surface area contributed by atoms with Gasteiger partial charge in [-0.15, -0.1) is 0 Å². The van der Waals surface area contributed by atoms with Gasteiger partial charge in [-0.3, -0.25) is 24.6 Å². The van der Waals surface area contributed by atoms with Crippen LogP contribution in [0.1, 0.15) is 17.3 Å². The predicted octanol–water partition coefficient (Wildman–Crippen LogP) is 1.09. The highest BCUT2D eigenvalue weighted by molar-refractivity contribution is 5.97. The summed E-state index contributed by atoms with van der Waals surface area (Å²) in [5.74, 6) is -0.439. The van der Waals surface area contributed by atoms with Crippen molar-refractivity contribution in [3.63, 3.8) is 0 Å². The molecule has 0 aliphatic heterocycles. The topological polar surface area (TPSA) is 92.6 Å². The van der Waals surface area contributed by atoms with Crippen LogP contribution in [0.4, 0.5) is 5.69 Å². The van der Waals surface area contributed by atoms with Crippen molar-refractivity contribution in [2.24, 2.45) is 5.92 Å². The van der Waals surface area contributed by atoms with Gasteiger partial charge in [0.1, 0.15) is 0 Å². The van der Waals surface area contributed by atoms with E-state index in [1.807, 2.05) is 0 Å². The first-order chi connectivity index (χ1) is 9.85. The van der Waals surface area contributed by atoms with Crippen LogP contribution in [0.3, 0.4) is 0 Å². The van der Waals surface area contributed by atoms with Gasteiger partial charge >= 0.3 is 0 Å². The van der Waals surface area contributed by atoms with Crippen molar-refractivity contribution in [1.82, 2.24) is 10.2 Å². The molecule has 0 aliphatic rings. The van der Waals surface area contributed by atoms with Gasteiger partial charge in [-0.25, -0.2) is 0 Å². The van der Waals surface area contributed by atoms with Crippen LogP contribution in [0.25, 0.3) is 0 Å². The van der Waals surface area contributed by atoms with Gasteiger partial charge < -0.3 is 5.32 Å². The molecule has 1 unspecified atom stereocenters. The van der Waals surface area contributed by atoms with E-state index in [0.717, 1.165) is 0 Å². The lowest BCUT2D eigenvalue weighted by molar-refractivity contribution is -0.384. The van der Waals surface area contributed by atoms with Crippen molar-refractivity contribution < 1.29 is 14.5 Å². The summed E-state index contributed by atoms with van der Waals surface area (Å²) in [6.07, 6.45) is 0. The van der Waals surface area contributed by atoms with E-state index in [1.165, 1.54) is 24.3 Å². The first kappa shape index (κ1) is 16.8. The number of hydrogen-bond acceptors (Lipinski definition) is 5. The quantitative estimate of drug-likeness (QED) is 0.461. The maximum atomic E-state index is 12.0. The van der Waals surface area contributed by atoms with Crippen LogP contribution in [0.15, 0.2) is 24.3 Å². The molecule has 0 spiro atoms. The summed E-state index contributed by atoms with van der Waals surface area (Å²) in [4.78, 5) is 35.3. The summed E-state index contributed by atoms with van der Waals surface area (Å²) in [7, 11) is 3.32.